The summed E-state index contributed by atoms with van der Waals surface area (Å²) >= 11 is 3.37. The van der Waals surface area contributed by atoms with Gasteiger partial charge in [-0.15, -0.1) is 0 Å². The van der Waals surface area contributed by atoms with Crippen LogP contribution in [0.15, 0.2) is 62.2 Å². The average molecular weight is 402 g/mol. The predicted octanol–water partition coefficient (Wildman–Crippen LogP) is 4.06. The minimum Gasteiger partial charge on any atom is -0.493 e. The maximum Gasteiger partial charge on any atom is 0.349 e. The van der Waals surface area contributed by atoms with E-state index in [-0.39, 0.29) is 11.6 Å². The van der Waals surface area contributed by atoms with Crippen LogP contribution >= 0.6 is 15.9 Å². The fraction of sp³-hybridized carbons (Fsp3) is 0.158. The number of rotatable bonds is 4. The Balaban J connectivity index is 1.96. The molecule has 0 bridgehead atoms. The van der Waals surface area contributed by atoms with Crippen molar-refractivity contribution in [3.05, 3.63) is 74.6 Å². The van der Waals surface area contributed by atoms with Crippen molar-refractivity contribution in [3.63, 3.8) is 0 Å². The normalized spacial score (nSPS) is 12.0. The van der Waals surface area contributed by atoms with E-state index in [0.29, 0.717) is 16.7 Å². The Labute approximate surface area is 152 Å². The highest BCUT2D eigenvalue weighted by Crippen LogP contribution is 2.29. The smallest absolute Gasteiger partial charge is 0.349 e. The van der Waals surface area contributed by atoms with Crippen molar-refractivity contribution in [1.82, 2.24) is 5.32 Å². The molecule has 1 heterocycles. The molecule has 0 aliphatic heterocycles. The van der Waals surface area contributed by atoms with Crippen molar-refractivity contribution >= 4 is 32.8 Å². The van der Waals surface area contributed by atoms with E-state index in [4.69, 9.17) is 9.15 Å². The van der Waals surface area contributed by atoms with Crippen molar-refractivity contribution in [1.29, 1.82) is 0 Å². The highest BCUT2D eigenvalue weighted by Gasteiger charge is 2.18. The number of carbonyl (C=O) groups excluding carboxylic acids is 1. The van der Waals surface area contributed by atoms with Gasteiger partial charge in [0, 0.05) is 9.86 Å². The van der Waals surface area contributed by atoms with Gasteiger partial charge in [0.15, 0.2) is 11.3 Å². The van der Waals surface area contributed by atoms with E-state index in [1.165, 1.54) is 13.2 Å². The first-order valence-electron chi connectivity index (χ1n) is 7.67. The topological polar surface area (TPSA) is 68.5 Å². The third-order valence-corrected chi connectivity index (χ3v) is 4.33. The fourth-order valence-corrected chi connectivity index (χ4v) is 3.03. The predicted molar refractivity (Wildman–Crippen MR) is 99.1 cm³/mol. The average Bonchev–Trinajstić information content (AvgIpc) is 2.61. The van der Waals surface area contributed by atoms with Crippen LogP contribution in [-0.4, -0.2) is 13.0 Å². The van der Waals surface area contributed by atoms with E-state index in [1.807, 2.05) is 37.3 Å². The molecule has 0 aliphatic rings. The van der Waals surface area contributed by atoms with Crippen molar-refractivity contribution in [2.24, 2.45) is 0 Å². The number of benzene rings is 2. The summed E-state index contributed by atoms with van der Waals surface area (Å²) in [5, 5.41) is 3.42. The molecule has 0 saturated carbocycles. The molecular weight excluding hydrogens is 386 g/mol. The molecule has 0 radical (unpaired) electrons. The lowest BCUT2D eigenvalue weighted by molar-refractivity contribution is 0.0936. The minimum absolute atomic E-state index is 0.0459. The molecule has 5 nitrogen and oxygen atoms in total. The van der Waals surface area contributed by atoms with Crippen molar-refractivity contribution in [3.8, 4) is 5.75 Å². The monoisotopic (exact) mass is 401 g/mol. The van der Waals surface area contributed by atoms with E-state index >= 15 is 0 Å². The van der Waals surface area contributed by atoms with Crippen LogP contribution in [0.1, 0.15) is 28.9 Å². The summed E-state index contributed by atoms with van der Waals surface area (Å²) in [7, 11) is 1.49. The molecule has 2 aromatic carbocycles. The largest absolute Gasteiger partial charge is 0.493 e. The molecule has 1 unspecified atom stereocenters. The van der Waals surface area contributed by atoms with Crippen LogP contribution in [0.25, 0.3) is 11.0 Å². The minimum atomic E-state index is -0.703. The van der Waals surface area contributed by atoms with Gasteiger partial charge < -0.3 is 14.5 Å². The van der Waals surface area contributed by atoms with Crippen molar-refractivity contribution in [2.75, 3.05) is 7.11 Å². The Kier molecular flexibility index (Phi) is 4.90. The third kappa shape index (κ3) is 3.58. The molecule has 1 N–H and O–H groups in total. The second kappa shape index (κ2) is 7.11. The van der Waals surface area contributed by atoms with Crippen LogP contribution in [0.4, 0.5) is 0 Å². The Morgan fingerprint density at radius 1 is 1.20 bits per heavy atom. The fourth-order valence-electron chi connectivity index (χ4n) is 2.58. The Bertz CT molecular complexity index is 982. The first kappa shape index (κ1) is 17.2. The number of carbonyl (C=O) groups is 1. The summed E-state index contributed by atoms with van der Waals surface area (Å²) in [6.45, 7) is 1.86. The summed E-state index contributed by atoms with van der Waals surface area (Å²) < 4.78 is 11.3. The molecule has 128 valence electrons. The van der Waals surface area contributed by atoms with E-state index in [1.54, 1.807) is 12.1 Å². The van der Waals surface area contributed by atoms with Gasteiger partial charge in [0.05, 0.1) is 13.2 Å². The maximum absolute atomic E-state index is 12.5. The van der Waals surface area contributed by atoms with Gasteiger partial charge in [-0.1, -0.05) is 46.3 Å². The molecule has 0 spiro atoms. The SMILES string of the molecule is COc1cc(Br)cc2cc(C(=O)NC(C)c3ccccc3)c(=O)oc12. The van der Waals surface area contributed by atoms with E-state index in [0.717, 1.165) is 10.0 Å². The molecule has 0 fully saturated rings. The van der Waals surface area contributed by atoms with Gasteiger partial charge in [-0.05, 0) is 30.7 Å². The molecule has 3 aromatic rings. The lowest BCUT2D eigenvalue weighted by atomic mass is 10.1. The molecule has 1 amide bonds. The van der Waals surface area contributed by atoms with Gasteiger partial charge in [-0.3, -0.25) is 4.79 Å². The molecular formula is C19H16BrNO4. The molecule has 0 saturated heterocycles. The van der Waals surface area contributed by atoms with Crippen LogP contribution in [0, 0.1) is 0 Å². The molecule has 25 heavy (non-hydrogen) atoms. The maximum atomic E-state index is 12.5. The number of fused-ring (bicyclic) bond motifs is 1. The summed E-state index contributed by atoms with van der Waals surface area (Å²) in [5.41, 5.74) is 0.509. The Hall–Kier alpha value is -2.60. The van der Waals surface area contributed by atoms with Gasteiger partial charge in [0.1, 0.15) is 5.56 Å². The summed E-state index contributed by atoms with van der Waals surface area (Å²) in [4.78, 5) is 24.8. The van der Waals surface area contributed by atoms with Gasteiger partial charge in [0.25, 0.3) is 5.91 Å². The second-order valence-electron chi connectivity index (χ2n) is 5.58. The Morgan fingerprint density at radius 2 is 1.92 bits per heavy atom. The van der Waals surface area contributed by atoms with Crippen LogP contribution < -0.4 is 15.7 Å². The second-order valence-corrected chi connectivity index (χ2v) is 6.50. The first-order valence-corrected chi connectivity index (χ1v) is 8.46. The highest BCUT2D eigenvalue weighted by atomic mass is 79.9. The lowest BCUT2D eigenvalue weighted by Crippen LogP contribution is -2.30. The number of halogens is 1. The van der Waals surface area contributed by atoms with Crippen molar-refractivity contribution in [2.45, 2.75) is 13.0 Å². The zero-order chi connectivity index (χ0) is 18.0. The number of methoxy groups -OCH3 is 1. The summed E-state index contributed by atoms with van der Waals surface area (Å²) in [5.74, 6) is -0.0583. The van der Waals surface area contributed by atoms with E-state index in [2.05, 4.69) is 21.2 Å². The van der Waals surface area contributed by atoms with Gasteiger partial charge >= 0.3 is 5.63 Å². The van der Waals surface area contributed by atoms with Crippen LogP contribution in [0.2, 0.25) is 0 Å². The highest BCUT2D eigenvalue weighted by molar-refractivity contribution is 9.10. The zero-order valence-corrected chi connectivity index (χ0v) is 15.3. The molecule has 6 heteroatoms. The first-order chi connectivity index (χ1) is 12.0. The van der Waals surface area contributed by atoms with Crippen LogP contribution in [-0.2, 0) is 0 Å². The molecule has 1 atom stereocenters. The quantitative estimate of drug-likeness (QED) is 0.669. The Morgan fingerprint density at radius 3 is 2.60 bits per heavy atom. The van der Waals surface area contributed by atoms with Crippen molar-refractivity contribution < 1.29 is 13.9 Å². The molecule has 1 aromatic heterocycles. The molecule has 0 aliphatic carbocycles. The molecule has 3 rings (SSSR count). The van der Waals surface area contributed by atoms with Gasteiger partial charge in [-0.2, -0.15) is 0 Å². The number of hydrogen-bond donors (Lipinski definition) is 1. The van der Waals surface area contributed by atoms with Gasteiger partial charge in [0.2, 0.25) is 0 Å². The van der Waals surface area contributed by atoms with Crippen LogP contribution in [0.3, 0.4) is 0 Å². The van der Waals surface area contributed by atoms with Gasteiger partial charge in [-0.25, -0.2) is 4.79 Å². The summed E-state index contributed by atoms with van der Waals surface area (Å²) in [6.07, 6.45) is 0. The van der Waals surface area contributed by atoms with E-state index < -0.39 is 11.5 Å². The third-order valence-electron chi connectivity index (χ3n) is 3.87. The number of nitrogens with one attached hydrogen (secondary N) is 1. The number of hydrogen-bond acceptors (Lipinski definition) is 4. The van der Waals surface area contributed by atoms with Crippen LogP contribution in [0.5, 0.6) is 5.75 Å². The van der Waals surface area contributed by atoms with E-state index in [9.17, 15) is 9.59 Å². The summed E-state index contributed by atoms with van der Waals surface area (Å²) in [6, 6.07) is 14.3. The number of ether oxygens (including phenoxy) is 1. The standard InChI is InChI=1S/C19H16BrNO4/c1-11(12-6-4-3-5-7-12)21-18(22)15-9-13-8-14(20)10-16(24-2)17(13)25-19(15)23/h3-11H,1-2H3,(H,21,22). The number of amides is 1. The lowest BCUT2D eigenvalue weighted by Gasteiger charge is -2.14. The zero-order valence-electron chi connectivity index (χ0n) is 13.7.